The minimum Gasteiger partial charge on any atom is -0.438 e. The summed E-state index contributed by atoms with van der Waals surface area (Å²) in [5, 5.41) is 2.45. The van der Waals surface area contributed by atoms with Gasteiger partial charge in [0.2, 0.25) is 11.8 Å². The van der Waals surface area contributed by atoms with Crippen LogP contribution in [-0.2, 0) is 0 Å². The van der Waals surface area contributed by atoms with E-state index >= 15 is 0 Å². The Labute approximate surface area is 120 Å². The summed E-state index contributed by atoms with van der Waals surface area (Å²) in [6.07, 6.45) is 0. The quantitative estimate of drug-likeness (QED) is 0.755. The number of aromatic nitrogens is 2. The predicted octanol–water partition coefficient (Wildman–Crippen LogP) is 3.24. The summed E-state index contributed by atoms with van der Waals surface area (Å²) in [6, 6.07) is 12.7. The van der Waals surface area contributed by atoms with Gasteiger partial charge in [-0.05, 0) is 12.1 Å². The zero-order valence-electron chi connectivity index (χ0n) is 10.4. The summed E-state index contributed by atoms with van der Waals surface area (Å²) in [5.74, 6) is 1.24. The van der Waals surface area contributed by atoms with Crippen molar-refractivity contribution in [2.24, 2.45) is 0 Å². The van der Waals surface area contributed by atoms with Gasteiger partial charge in [0.1, 0.15) is 11.6 Å². The predicted molar refractivity (Wildman–Crippen MR) is 79.9 cm³/mol. The van der Waals surface area contributed by atoms with E-state index in [9.17, 15) is 0 Å². The van der Waals surface area contributed by atoms with Gasteiger partial charge in [-0.15, -0.1) is 0 Å². The molecule has 6 heteroatoms. The first-order chi connectivity index (χ1) is 9.63. The van der Waals surface area contributed by atoms with Crippen LogP contribution >= 0.6 is 11.6 Å². The Morgan fingerprint density at radius 1 is 0.950 bits per heavy atom. The molecule has 0 saturated carbocycles. The fourth-order valence-electron chi connectivity index (χ4n) is 1.95. The van der Waals surface area contributed by atoms with Gasteiger partial charge in [0.15, 0.2) is 0 Å². The van der Waals surface area contributed by atoms with E-state index < -0.39 is 0 Å². The molecule has 0 aliphatic heterocycles. The molecule has 0 saturated heterocycles. The van der Waals surface area contributed by atoms with E-state index in [1.165, 1.54) is 6.07 Å². The first kappa shape index (κ1) is 12.5. The van der Waals surface area contributed by atoms with E-state index in [0.717, 1.165) is 10.8 Å². The first-order valence-electron chi connectivity index (χ1n) is 5.88. The highest BCUT2D eigenvalue weighted by atomic mass is 35.5. The highest BCUT2D eigenvalue weighted by molar-refractivity contribution is 6.35. The molecule has 3 rings (SSSR count). The van der Waals surface area contributed by atoms with Crippen LogP contribution in [0, 0.1) is 0 Å². The molecule has 1 aromatic heterocycles. The molecule has 3 aromatic rings. The lowest BCUT2D eigenvalue weighted by Crippen LogP contribution is -2.00. The van der Waals surface area contributed by atoms with Crippen LogP contribution in [0.1, 0.15) is 0 Å². The monoisotopic (exact) mass is 286 g/mol. The molecule has 2 aromatic carbocycles. The van der Waals surface area contributed by atoms with E-state index in [2.05, 4.69) is 9.97 Å². The SMILES string of the molecule is Nc1cc(Oc2ccc(Cl)c3ccccc23)nc(N)n1. The maximum Gasteiger partial charge on any atom is 0.226 e. The van der Waals surface area contributed by atoms with Crippen LogP contribution in [0.25, 0.3) is 10.8 Å². The van der Waals surface area contributed by atoms with Crippen molar-refractivity contribution in [2.75, 3.05) is 11.5 Å². The average molecular weight is 287 g/mol. The number of hydrogen-bond acceptors (Lipinski definition) is 5. The molecule has 0 aliphatic carbocycles. The van der Waals surface area contributed by atoms with Crippen molar-refractivity contribution in [2.45, 2.75) is 0 Å². The Morgan fingerprint density at radius 2 is 1.70 bits per heavy atom. The zero-order chi connectivity index (χ0) is 14.1. The third-order valence-corrected chi connectivity index (χ3v) is 3.11. The second-order valence-corrected chi connectivity index (χ2v) is 4.59. The Bertz CT molecular complexity index is 771. The molecule has 0 fully saturated rings. The smallest absolute Gasteiger partial charge is 0.226 e. The van der Waals surface area contributed by atoms with E-state index in [4.69, 9.17) is 27.8 Å². The summed E-state index contributed by atoms with van der Waals surface area (Å²) >= 11 is 6.16. The number of halogens is 1. The van der Waals surface area contributed by atoms with Gasteiger partial charge in [-0.3, -0.25) is 0 Å². The summed E-state index contributed by atoms with van der Waals surface area (Å²) in [4.78, 5) is 7.79. The maximum atomic E-state index is 6.16. The largest absolute Gasteiger partial charge is 0.438 e. The van der Waals surface area contributed by atoms with Gasteiger partial charge in [0.05, 0.1) is 0 Å². The number of benzene rings is 2. The molecule has 5 nitrogen and oxygen atoms in total. The molecule has 0 amide bonds. The van der Waals surface area contributed by atoms with Crippen molar-refractivity contribution in [1.29, 1.82) is 0 Å². The molecule has 0 unspecified atom stereocenters. The van der Waals surface area contributed by atoms with Crippen molar-refractivity contribution in [3.05, 3.63) is 47.5 Å². The van der Waals surface area contributed by atoms with Crippen molar-refractivity contribution in [3.63, 3.8) is 0 Å². The molecular formula is C14H11ClN4O. The van der Waals surface area contributed by atoms with E-state index in [-0.39, 0.29) is 11.8 Å². The van der Waals surface area contributed by atoms with Gasteiger partial charge in [-0.25, -0.2) is 0 Å². The van der Waals surface area contributed by atoms with Gasteiger partial charge in [0.25, 0.3) is 0 Å². The first-order valence-corrected chi connectivity index (χ1v) is 6.26. The molecule has 0 aliphatic rings. The van der Waals surface area contributed by atoms with Gasteiger partial charge in [-0.1, -0.05) is 35.9 Å². The van der Waals surface area contributed by atoms with Crippen LogP contribution in [0.5, 0.6) is 11.6 Å². The number of ether oxygens (including phenoxy) is 1. The van der Waals surface area contributed by atoms with Crippen LogP contribution in [-0.4, -0.2) is 9.97 Å². The van der Waals surface area contributed by atoms with Gasteiger partial charge in [-0.2, -0.15) is 9.97 Å². The second kappa shape index (κ2) is 4.86. The van der Waals surface area contributed by atoms with Crippen LogP contribution < -0.4 is 16.2 Å². The number of fused-ring (bicyclic) bond motifs is 1. The lowest BCUT2D eigenvalue weighted by molar-refractivity contribution is 0.468. The summed E-state index contributed by atoms with van der Waals surface area (Å²) in [5.41, 5.74) is 11.2. The van der Waals surface area contributed by atoms with Crippen molar-refractivity contribution >= 4 is 34.1 Å². The van der Waals surface area contributed by atoms with E-state index in [0.29, 0.717) is 16.7 Å². The molecular weight excluding hydrogens is 276 g/mol. The van der Waals surface area contributed by atoms with Gasteiger partial charge >= 0.3 is 0 Å². The van der Waals surface area contributed by atoms with E-state index in [1.807, 2.05) is 24.3 Å². The van der Waals surface area contributed by atoms with Crippen molar-refractivity contribution < 1.29 is 4.74 Å². The minimum absolute atomic E-state index is 0.0678. The van der Waals surface area contributed by atoms with Crippen LogP contribution in [0.2, 0.25) is 5.02 Å². The number of nitrogens with zero attached hydrogens (tertiary/aromatic N) is 2. The Balaban J connectivity index is 2.09. The van der Waals surface area contributed by atoms with Gasteiger partial charge < -0.3 is 16.2 Å². The number of nitrogens with two attached hydrogens (primary N) is 2. The molecule has 4 N–H and O–H groups in total. The molecule has 0 radical (unpaired) electrons. The van der Waals surface area contributed by atoms with Crippen LogP contribution in [0.15, 0.2) is 42.5 Å². The average Bonchev–Trinajstić information content (AvgIpc) is 2.41. The number of rotatable bonds is 2. The lowest BCUT2D eigenvalue weighted by Gasteiger charge is -2.09. The number of anilines is 2. The normalized spacial score (nSPS) is 10.7. The fraction of sp³-hybridized carbons (Fsp3) is 0. The minimum atomic E-state index is 0.0678. The summed E-state index contributed by atoms with van der Waals surface area (Å²) in [6.45, 7) is 0. The molecule has 0 bridgehead atoms. The molecule has 100 valence electrons. The highest BCUT2D eigenvalue weighted by Gasteiger charge is 2.08. The Morgan fingerprint density at radius 3 is 2.45 bits per heavy atom. The Kier molecular flexibility index (Phi) is 3.04. The van der Waals surface area contributed by atoms with Crippen molar-refractivity contribution in [3.8, 4) is 11.6 Å². The van der Waals surface area contributed by atoms with Crippen LogP contribution in [0.3, 0.4) is 0 Å². The Hall–Kier alpha value is -2.53. The lowest BCUT2D eigenvalue weighted by atomic mass is 10.1. The van der Waals surface area contributed by atoms with Crippen molar-refractivity contribution in [1.82, 2.24) is 9.97 Å². The molecule has 20 heavy (non-hydrogen) atoms. The number of hydrogen-bond donors (Lipinski definition) is 2. The number of nitrogen functional groups attached to an aromatic ring is 2. The third kappa shape index (κ3) is 2.31. The maximum absolute atomic E-state index is 6.16. The molecule has 1 heterocycles. The standard InChI is InChI=1S/C14H11ClN4O/c15-10-5-6-11(9-4-2-1-3-8(9)10)20-13-7-12(16)18-14(17)19-13/h1-7H,(H4,16,17,18,19). The summed E-state index contributed by atoms with van der Waals surface area (Å²) in [7, 11) is 0. The molecule has 0 spiro atoms. The van der Waals surface area contributed by atoms with E-state index in [1.54, 1.807) is 12.1 Å². The van der Waals surface area contributed by atoms with Crippen LogP contribution in [0.4, 0.5) is 11.8 Å². The topological polar surface area (TPSA) is 87.0 Å². The zero-order valence-corrected chi connectivity index (χ0v) is 11.1. The highest BCUT2D eigenvalue weighted by Crippen LogP contribution is 2.33. The second-order valence-electron chi connectivity index (χ2n) is 4.18. The fourth-order valence-corrected chi connectivity index (χ4v) is 2.18. The summed E-state index contributed by atoms with van der Waals surface area (Å²) < 4.78 is 5.74. The van der Waals surface area contributed by atoms with Gasteiger partial charge in [0, 0.05) is 21.9 Å². The third-order valence-electron chi connectivity index (χ3n) is 2.79. The molecule has 0 atom stereocenters.